The predicted molar refractivity (Wildman–Crippen MR) is 69.8 cm³/mol. The molecule has 1 aliphatic carbocycles. The summed E-state index contributed by atoms with van der Waals surface area (Å²) in [7, 11) is 1.52. The maximum atomic E-state index is 11.9. The molecule has 0 heterocycles. The van der Waals surface area contributed by atoms with Crippen molar-refractivity contribution in [1.29, 1.82) is 0 Å². The number of carbonyl (C=O) groups is 1. The first kappa shape index (κ1) is 13.9. The Hall–Kier alpha value is -0.180. The van der Waals surface area contributed by atoms with Gasteiger partial charge in [-0.15, -0.1) is 0 Å². The zero-order chi connectivity index (χ0) is 11.9. The Morgan fingerprint density at radius 1 is 1.31 bits per heavy atom. The molecule has 1 fully saturated rings. The maximum absolute atomic E-state index is 11.9. The minimum absolute atomic E-state index is 0.0243. The molecule has 0 unspecified atom stereocenters. The van der Waals surface area contributed by atoms with Gasteiger partial charge in [0.1, 0.15) is 0 Å². The van der Waals surface area contributed by atoms with E-state index in [1.807, 2.05) is 11.8 Å². The van der Waals surface area contributed by atoms with Crippen LogP contribution in [0.15, 0.2) is 0 Å². The topological polar surface area (TPSA) is 26.3 Å². The molecule has 0 bridgehead atoms. The molecule has 16 heavy (non-hydrogen) atoms. The summed E-state index contributed by atoms with van der Waals surface area (Å²) in [4.78, 5) is 11.9. The predicted octanol–water partition coefficient (Wildman–Crippen LogP) is 3.64. The first-order valence-electron chi connectivity index (χ1n) is 6.41. The van der Waals surface area contributed by atoms with Crippen molar-refractivity contribution in [3.8, 4) is 0 Å². The molecule has 0 amide bonds. The highest BCUT2D eigenvalue weighted by Gasteiger charge is 2.40. The third-order valence-electron chi connectivity index (χ3n) is 3.45. The van der Waals surface area contributed by atoms with Gasteiger partial charge in [-0.2, -0.15) is 11.8 Å². The van der Waals surface area contributed by atoms with Crippen LogP contribution in [0.3, 0.4) is 0 Å². The average molecular weight is 244 g/mol. The minimum atomic E-state index is -0.161. The van der Waals surface area contributed by atoms with Gasteiger partial charge in [0.15, 0.2) is 0 Å². The fraction of sp³-hybridized carbons (Fsp3) is 0.923. The van der Waals surface area contributed by atoms with Gasteiger partial charge >= 0.3 is 5.97 Å². The number of hydrogen-bond donors (Lipinski definition) is 0. The monoisotopic (exact) mass is 244 g/mol. The van der Waals surface area contributed by atoms with E-state index < -0.39 is 0 Å². The molecule has 0 N–H and O–H groups in total. The van der Waals surface area contributed by atoms with Crippen LogP contribution in [0.2, 0.25) is 0 Å². The molecule has 94 valence electrons. The second-order valence-electron chi connectivity index (χ2n) is 4.74. The highest BCUT2D eigenvalue weighted by molar-refractivity contribution is 7.99. The van der Waals surface area contributed by atoms with Crippen LogP contribution in [-0.4, -0.2) is 24.6 Å². The van der Waals surface area contributed by atoms with Gasteiger partial charge in [-0.25, -0.2) is 0 Å². The Bertz CT molecular complexity index is 210. The lowest BCUT2D eigenvalue weighted by Crippen LogP contribution is -2.37. The number of methoxy groups -OCH3 is 1. The summed E-state index contributed by atoms with van der Waals surface area (Å²) in [5.74, 6) is 2.16. The molecule has 0 saturated heterocycles. The molecular formula is C13H24O2S. The molecule has 0 spiro atoms. The molecular weight excluding hydrogens is 220 g/mol. The van der Waals surface area contributed by atoms with Gasteiger partial charge in [0.05, 0.1) is 12.5 Å². The van der Waals surface area contributed by atoms with E-state index in [-0.39, 0.29) is 11.4 Å². The van der Waals surface area contributed by atoms with E-state index in [4.69, 9.17) is 4.74 Å². The van der Waals surface area contributed by atoms with Crippen LogP contribution in [-0.2, 0) is 9.53 Å². The summed E-state index contributed by atoms with van der Waals surface area (Å²) in [6, 6.07) is 0. The van der Waals surface area contributed by atoms with Crippen LogP contribution in [0.1, 0.15) is 51.9 Å². The van der Waals surface area contributed by atoms with Gasteiger partial charge in [-0.3, -0.25) is 4.79 Å². The number of esters is 1. The Morgan fingerprint density at radius 3 is 2.56 bits per heavy atom. The van der Waals surface area contributed by atoms with Crippen molar-refractivity contribution in [3.63, 3.8) is 0 Å². The number of unbranched alkanes of at least 4 members (excludes halogenated alkanes) is 1. The van der Waals surface area contributed by atoms with Crippen molar-refractivity contribution in [3.05, 3.63) is 0 Å². The van der Waals surface area contributed by atoms with Crippen LogP contribution >= 0.6 is 11.8 Å². The van der Waals surface area contributed by atoms with E-state index in [1.165, 1.54) is 45.0 Å². The third-order valence-corrected chi connectivity index (χ3v) is 4.78. The fourth-order valence-corrected chi connectivity index (χ4v) is 3.80. The van der Waals surface area contributed by atoms with Crippen LogP contribution < -0.4 is 0 Å². The first-order chi connectivity index (χ1) is 7.75. The Morgan fingerprint density at radius 2 is 2.00 bits per heavy atom. The van der Waals surface area contributed by atoms with Gasteiger partial charge in [0, 0.05) is 5.75 Å². The normalized spacial score (nSPS) is 19.4. The van der Waals surface area contributed by atoms with E-state index in [2.05, 4.69) is 6.92 Å². The Labute approximate surface area is 104 Å². The van der Waals surface area contributed by atoms with Crippen molar-refractivity contribution in [2.24, 2.45) is 5.41 Å². The van der Waals surface area contributed by atoms with Crippen molar-refractivity contribution in [2.75, 3.05) is 18.6 Å². The van der Waals surface area contributed by atoms with Crippen LogP contribution in [0, 0.1) is 5.41 Å². The molecule has 0 atom stereocenters. The van der Waals surface area contributed by atoms with Crippen molar-refractivity contribution >= 4 is 17.7 Å². The van der Waals surface area contributed by atoms with E-state index in [0.717, 1.165) is 18.6 Å². The summed E-state index contributed by atoms with van der Waals surface area (Å²) < 4.78 is 5.00. The minimum Gasteiger partial charge on any atom is -0.469 e. The second kappa shape index (κ2) is 7.21. The molecule has 3 heteroatoms. The molecule has 0 aromatic rings. The molecule has 0 radical (unpaired) electrons. The molecule has 1 saturated carbocycles. The zero-order valence-electron chi connectivity index (χ0n) is 10.6. The summed E-state index contributed by atoms with van der Waals surface area (Å²) in [6.45, 7) is 2.21. The van der Waals surface area contributed by atoms with Gasteiger partial charge in [-0.1, -0.05) is 32.6 Å². The highest BCUT2D eigenvalue weighted by atomic mass is 32.2. The quantitative estimate of drug-likeness (QED) is 0.527. The molecule has 0 aromatic carbocycles. The number of rotatable bonds is 6. The molecule has 1 aliphatic rings. The van der Waals surface area contributed by atoms with E-state index in [9.17, 15) is 4.79 Å². The van der Waals surface area contributed by atoms with Gasteiger partial charge in [0.2, 0.25) is 0 Å². The summed E-state index contributed by atoms with van der Waals surface area (Å²) in [6.07, 6.45) is 8.18. The van der Waals surface area contributed by atoms with Crippen molar-refractivity contribution in [1.82, 2.24) is 0 Å². The Kier molecular flexibility index (Phi) is 6.25. The maximum Gasteiger partial charge on any atom is 0.312 e. The van der Waals surface area contributed by atoms with Gasteiger partial charge in [0.25, 0.3) is 0 Å². The number of thioether (sulfide) groups is 1. The SMILES string of the molecule is CCCCSCC1(C(=O)OC)CCCCC1. The highest BCUT2D eigenvalue weighted by Crippen LogP contribution is 2.40. The van der Waals surface area contributed by atoms with E-state index in [1.54, 1.807) is 0 Å². The second-order valence-corrected chi connectivity index (χ2v) is 5.84. The smallest absolute Gasteiger partial charge is 0.312 e. The summed E-state index contributed by atoms with van der Waals surface area (Å²) in [5.41, 5.74) is -0.161. The number of hydrogen-bond acceptors (Lipinski definition) is 3. The van der Waals surface area contributed by atoms with Gasteiger partial charge < -0.3 is 4.74 Å². The van der Waals surface area contributed by atoms with Gasteiger partial charge in [-0.05, 0) is 25.0 Å². The number of ether oxygens (including phenoxy) is 1. The molecule has 2 nitrogen and oxygen atoms in total. The van der Waals surface area contributed by atoms with Crippen molar-refractivity contribution < 1.29 is 9.53 Å². The average Bonchev–Trinajstić information content (AvgIpc) is 2.35. The standard InChI is InChI=1S/C13H24O2S/c1-3-4-10-16-11-13(12(14)15-2)8-6-5-7-9-13/h3-11H2,1-2H3. The van der Waals surface area contributed by atoms with Crippen LogP contribution in [0.5, 0.6) is 0 Å². The lowest BCUT2D eigenvalue weighted by atomic mass is 9.75. The third kappa shape index (κ3) is 3.69. The van der Waals surface area contributed by atoms with Crippen LogP contribution in [0.4, 0.5) is 0 Å². The molecule has 1 rings (SSSR count). The lowest BCUT2D eigenvalue weighted by Gasteiger charge is -2.34. The van der Waals surface area contributed by atoms with Crippen molar-refractivity contribution in [2.45, 2.75) is 51.9 Å². The van der Waals surface area contributed by atoms with E-state index in [0.29, 0.717) is 0 Å². The summed E-state index contributed by atoms with van der Waals surface area (Å²) in [5, 5.41) is 0. The Balaban J connectivity index is 2.46. The zero-order valence-corrected chi connectivity index (χ0v) is 11.4. The van der Waals surface area contributed by atoms with E-state index >= 15 is 0 Å². The number of carbonyl (C=O) groups excluding carboxylic acids is 1. The molecule has 0 aromatic heterocycles. The molecule has 0 aliphatic heterocycles. The summed E-state index contributed by atoms with van der Waals surface area (Å²) >= 11 is 1.93. The fourth-order valence-electron chi connectivity index (χ4n) is 2.37. The first-order valence-corrected chi connectivity index (χ1v) is 7.57. The lowest BCUT2D eigenvalue weighted by molar-refractivity contribution is -0.153. The van der Waals surface area contributed by atoms with Crippen LogP contribution in [0.25, 0.3) is 0 Å². The largest absolute Gasteiger partial charge is 0.469 e.